The molecule has 5 heteroatoms. The number of aryl methyl sites for hydroxylation is 1. The standard InChI is InChI=1S/C13H21NO3S/c1-10-4-5-13(17-3)12(8-10)9-18(15,16)11(2)6-7-14/h4-5,8,11H,6-7,9,14H2,1-3H3. The van der Waals surface area contributed by atoms with Gasteiger partial charge in [0.1, 0.15) is 5.75 Å². The molecule has 18 heavy (non-hydrogen) atoms. The van der Waals surface area contributed by atoms with Gasteiger partial charge in [0.25, 0.3) is 0 Å². The molecule has 1 unspecified atom stereocenters. The van der Waals surface area contributed by atoms with Gasteiger partial charge in [-0.1, -0.05) is 17.7 Å². The van der Waals surface area contributed by atoms with E-state index in [1.165, 1.54) is 0 Å². The first-order valence-corrected chi connectivity index (χ1v) is 7.67. The average molecular weight is 271 g/mol. The lowest BCUT2D eigenvalue weighted by Gasteiger charge is -2.14. The Bertz CT molecular complexity index is 497. The molecule has 0 heterocycles. The van der Waals surface area contributed by atoms with E-state index in [4.69, 9.17) is 10.5 Å². The van der Waals surface area contributed by atoms with E-state index in [-0.39, 0.29) is 5.75 Å². The van der Waals surface area contributed by atoms with Crippen LogP contribution in [0.4, 0.5) is 0 Å². The minimum absolute atomic E-state index is 0.000972. The number of hydrogen-bond acceptors (Lipinski definition) is 4. The number of hydrogen-bond donors (Lipinski definition) is 1. The van der Waals surface area contributed by atoms with Gasteiger partial charge in [-0.3, -0.25) is 0 Å². The van der Waals surface area contributed by atoms with Crippen LogP contribution in [-0.4, -0.2) is 27.3 Å². The lowest BCUT2D eigenvalue weighted by Crippen LogP contribution is -2.23. The highest BCUT2D eigenvalue weighted by Crippen LogP contribution is 2.23. The summed E-state index contributed by atoms with van der Waals surface area (Å²) in [5.74, 6) is 0.614. The van der Waals surface area contributed by atoms with Crippen LogP contribution in [0, 0.1) is 6.92 Å². The summed E-state index contributed by atoms with van der Waals surface area (Å²) in [6, 6.07) is 5.55. The fraction of sp³-hybridized carbons (Fsp3) is 0.538. The SMILES string of the molecule is COc1ccc(C)cc1CS(=O)(=O)C(C)CCN. The number of nitrogens with two attached hydrogens (primary N) is 1. The number of methoxy groups -OCH3 is 1. The molecule has 4 nitrogen and oxygen atoms in total. The highest BCUT2D eigenvalue weighted by atomic mass is 32.2. The molecule has 0 aliphatic heterocycles. The van der Waals surface area contributed by atoms with E-state index < -0.39 is 15.1 Å². The van der Waals surface area contributed by atoms with Crippen molar-refractivity contribution in [2.24, 2.45) is 5.73 Å². The normalized spacial score (nSPS) is 13.3. The summed E-state index contributed by atoms with van der Waals surface area (Å²) in [5, 5.41) is -0.423. The molecule has 0 aliphatic rings. The smallest absolute Gasteiger partial charge is 0.157 e. The van der Waals surface area contributed by atoms with E-state index in [0.29, 0.717) is 24.3 Å². The number of ether oxygens (including phenoxy) is 1. The van der Waals surface area contributed by atoms with E-state index in [1.54, 1.807) is 20.1 Å². The van der Waals surface area contributed by atoms with E-state index in [1.807, 2.05) is 19.1 Å². The van der Waals surface area contributed by atoms with Crippen molar-refractivity contribution >= 4 is 9.84 Å². The second kappa shape index (κ2) is 6.20. The highest BCUT2D eigenvalue weighted by molar-refractivity contribution is 7.91. The Labute approximate surface area is 109 Å². The molecule has 0 fully saturated rings. The van der Waals surface area contributed by atoms with Gasteiger partial charge in [0.15, 0.2) is 9.84 Å². The largest absolute Gasteiger partial charge is 0.496 e. The van der Waals surface area contributed by atoms with E-state index in [9.17, 15) is 8.42 Å². The first-order valence-electron chi connectivity index (χ1n) is 5.96. The van der Waals surface area contributed by atoms with Gasteiger partial charge in [0.05, 0.1) is 18.1 Å². The summed E-state index contributed by atoms with van der Waals surface area (Å²) in [6.45, 7) is 4.01. The maximum atomic E-state index is 12.2. The third kappa shape index (κ3) is 3.71. The quantitative estimate of drug-likeness (QED) is 0.854. The molecule has 2 N–H and O–H groups in total. The minimum atomic E-state index is -3.18. The summed E-state index contributed by atoms with van der Waals surface area (Å²) in [4.78, 5) is 0. The van der Waals surface area contributed by atoms with Gasteiger partial charge in [-0.05, 0) is 32.9 Å². The molecule has 0 amide bonds. The van der Waals surface area contributed by atoms with Gasteiger partial charge in [-0.2, -0.15) is 0 Å². The number of sulfone groups is 1. The summed E-state index contributed by atoms with van der Waals surface area (Å²) < 4.78 is 29.5. The fourth-order valence-corrected chi connectivity index (χ4v) is 3.23. The van der Waals surface area contributed by atoms with Crippen LogP contribution >= 0.6 is 0 Å². The molecule has 0 aliphatic carbocycles. The molecule has 0 saturated carbocycles. The molecular formula is C13H21NO3S. The van der Waals surface area contributed by atoms with Crippen LogP contribution in [0.3, 0.4) is 0 Å². The molecule has 0 radical (unpaired) electrons. The molecule has 0 aromatic heterocycles. The molecule has 1 atom stereocenters. The van der Waals surface area contributed by atoms with Crippen molar-refractivity contribution in [3.8, 4) is 5.75 Å². The lowest BCUT2D eigenvalue weighted by atomic mass is 10.1. The molecule has 1 aromatic rings. The third-order valence-electron chi connectivity index (χ3n) is 2.98. The van der Waals surface area contributed by atoms with Gasteiger partial charge in [0.2, 0.25) is 0 Å². The summed E-state index contributed by atoms with van der Waals surface area (Å²) in [6.07, 6.45) is 0.483. The van der Waals surface area contributed by atoms with E-state index in [2.05, 4.69) is 0 Å². The van der Waals surface area contributed by atoms with Crippen LogP contribution in [0.2, 0.25) is 0 Å². The topological polar surface area (TPSA) is 69.4 Å². The van der Waals surface area contributed by atoms with Crippen molar-refractivity contribution in [1.29, 1.82) is 0 Å². The van der Waals surface area contributed by atoms with Crippen LogP contribution in [0.15, 0.2) is 18.2 Å². The van der Waals surface area contributed by atoms with Gasteiger partial charge in [0, 0.05) is 5.56 Å². The monoisotopic (exact) mass is 271 g/mol. The summed E-state index contributed by atoms with van der Waals surface area (Å²) >= 11 is 0. The molecule has 102 valence electrons. The van der Waals surface area contributed by atoms with Crippen molar-refractivity contribution in [1.82, 2.24) is 0 Å². The maximum Gasteiger partial charge on any atom is 0.157 e. The molecule has 1 rings (SSSR count). The molecule has 0 spiro atoms. The Hall–Kier alpha value is -1.07. The third-order valence-corrected chi connectivity index (χ3v) is 5.15. The van der Waals surface area contributed by atoms with Crippen molar-refractivity contribution < 1.29 is 13.2 Å². The van der Waals surface area contributed by atoms with Crippen molar-refractivity contribution in [2.75, 3.05) is 13.7 Å². The molecule has 0 bridgehead atoms. The zero-order valence-corrected chi connectivity index (χ0v) is 12.0. The van der Waals surface area contributed by atoms with Crippen molar-refractivity contribution in [3.63, 3.8) is 0 Å². The van der Waals surface area contributed by atoms with Crippen LogP contribution in [-0.2, 0) is 15.6 Å². The predicted octanol–water partition coefficient (Wildman–Crippen LogP) is 1.66. The van der Waals surface area contributed by atoms with Crippen LogP contribution in [0.5, 0.6) is 5.75 Å². The predicted molar refractivity (Wildman–Crippen MR) is 73.5 cm³/mol. The van der Waals surface area contributed by atoms with Crippen molar-refractivity contribution in [3.05, 3.63) is 29.3 Å². The van der Waals surface area contributed by atoms with Crippen molar-refractivity contribution in [2.45, 2.75) is 31.3 Å². The molecule has 0 saturated heterocycles. The zero-order chi connectivity index (χ0) is 13.8. The Morgan fingerprint density at radius 3 is 2.61 bits per heavy atom. The lowest BCUT2D eigenvalue weighted by molar-refractivity contribution is 0.410. The number of rotatable bonds is 6. The number of benzene rings is 1. The van der Waals surface area contributed by atoms with Crippen LogP contribution < -0.4 is 10.5 Å². The summed E-state index contributed by atoms with van der Waals surface area (Å²) in [5.41, 5.74) is 7.14. The minimum Gasteiger partial charge on any atom is -0.496 e. The Morgan fingerprint density at radius 2 is 2.06 bits per heavy atom. The molecule has 1 aromatic carbocycles. The van der Waals surface area contributed by atoms with Crippen LogP contribution in [0.25, 0.3) is 0 Å². The van der Waals surface area contributed by atoms with E-state index in [0.717, 1.165) is 5.56 Å². The zero-order valence-electron chi connectivity index (χ0n) is 11.1. The van der Waals surface area contributed by atoms with Crippen LogP contribution in [0.1, 0.15) is 24.5 Å². The second-order valence-electron chi connectivity index (χ2n) is 4.51. The Kier molecular flexibility index (Phi) is 5.16. The average Bonchev–Trinajstić information content (AvgIpc) is 2.29. The van der Waals surface area contributed by atoms with Gasteiger partial charge in [-0.15, -0.1) is 0 Å². The summed E-state index contributed by atoms with van der Waals surface area (Å²) in [7, 11) is -1.64. The fourth-order valence-electron chi connectivity index (χ4n) is 1.79. The maximum absolute atomic E-state index is 12.2. The van der Waals surface area contributed by atoms with Gasteiger partial charge >= 0.3 is 0 Å². The Balaban J connectivity index is 3.00. The van der Waals surface area contributed by atoms with E-state index >= 15 is 0 Å². The van der Waals surface area contributed by atoms with Gasteiger partial charge < -0.3 is 10.5 Å². The first-order chi connectivity index (χ1) is 8.40. The first kappa shape index (κ1) is 15.0. The second-order valence-corrected chi connectivity index (χ2v) is 6.93. The highest BCUT2D eigenvalue weighted by Gasteiger charge is 2.22. The molecular weight excluding hydrogens is 250 g/mol. The van der Waals surface area contributed by atoms with Gasteiger partial charge in [-0.25, -0.2) is 8.42 Å². The Morgan fingerprint density at radius 1 is 1.39 bits per heavy atom.